The molecule has 5 nitrogen and oxygen atoms in total. The molecule has 0 aliphatic heterocycles. The molecule has 1 aliphatic rings. The van der Waals surface area contributed by atoms with Crippen molar-refractivity contribution in [2.45, 2.75) is 37.5 Å². The Morgan fingerprint density at radius 1 is 1.42 bits per heavy atom. The van der Waals surface area contributed by atoms with Crippen LogP contribution in [0.2, 0.25) is 5.02 Å². The van der Waals surface area contributed by atoms with Gasteiger partial charge < -0.3 is 10.3 Å². The minimum atomic E-state index is -4.55. The van der Waals surface area contributed by atoms with Gasteiger partial charge in [0.15, 0.2) is 5.16 Å². The average molecular weight is 488 g/mol. The third-order valence-electron chi connectivity index (χ3n) is 5.05. The van der Waals surface area contributed by atoms with E-state index in [0.29, 0.717) is 16.1 Å². The molecule has 31 heavy (non-hydrogen) atoms. The van der Waals surface area contributed by atoms with E-state index >= 15 is 0 Å². The van der Waals surface area contributed by atoms with E-state index in [4.69, 9.17) is 11.6 Å². The van der Waals surface area contributed by atoms with Crippen molar-refractivity contribution in [3.8, 4) is 0 Å². The van der Waals surface area contributed by atoms with Crippen molar-refractivity contribution >= 4 is 56.5 Å². The quantitative estimate of drug-likeness (QED) is 0.376. The van der Waals surface area contributed by atoms with Gasteiger partial charge in [0.05, 0.1) is 27.4 Å². The second-order valence-electron chi connectivity index (χ2n) is 7.43. The van der Waals surface area contributed by atoms with Gasteiger partial charge in [-0.1, -0.05) is 30.3 Å². The number of rotatable bonds is 4. The Hall–Kier alpha value is -2.04. The van der Waals surface area contributed by atoms with Gasteiger partial charge in [0.2, 0.25) is 5.91 Å². The molecule has 164 valence electrons. The third kappa shape index (κ3) is 4.75. The maximum atomic E-state index is 12.9. The number of thioether (sulfide) groups is 1. The van der Waals surface area contributed by atoms with Gasteiger partial charge in [-0.2, -0.15) is 13.2 Å². The van der Waals surface area contributed by atoms with Crippen molar-refractivity contribution in [1.29, 1.82) is 0 Å². The van der Waals surface area contributed by atoms with Gasteiger partial charge in [0, 0.05) is 4.88 Å². The van der Waals surface area contributed by atoms with Gasteiger partial charge in [-0.15, -0.1) is 11.3 Å². The molecule has 4 rings (SSSR count). The number of alkyl halides is 3. The van der Waals surface area contributed by atoms with Gasteiger partial charge in [0.25, 0.3) is 5.56 Å². The van der Waals surface area contributed by atoms with Crippen molar-refractivity contribution in [2.24, 2.45) is 5.92 Å². The smallest absolute Gasteiger partial charge is 0.324 e. The summed E-state index contributed by atoms with van der Waals surface area (Å²) in [5.74, 6) is -0.142. The first-order valence-corrected chi connectivity index (χ1v) is 11.6. The highest BCUT2D eigenvalue weighted by Crippen LogP contribution is 2.36. The molecule has 0 saturated heterocycles. The van der Waals surface area contributed by atoms with Crippen LogP contribution >= 0.6 is 34.7 Å². The van der Waals surface area contributed by atoms with E-state index < -0.39 is 17.6 Å². The number of carbonyl (C=O) groups excluding carboxylic acids is 1. The number of hydrogen-bond acceptors (Lipinski definition) is 5. The molecular weight excluding hydrogens is 471 g/mol. The molecule has 0 radical (unpaired) electrons. The first-order valence-electron chi connectivity index (χ1n) is 9.45. The van der Waals surface area contributed by atoms with Gasteiger partial charge in [-0.3, -0.25) is 9.59 Å². The number of aromatic amines is 1. The molecule has 2 heterocycles. The number of thiophene rings is 1. The lowest BCUT2D eigenvalue weighted by Gasteiger charge is -2.17. The molecule has 1 amide bonds. The van der Waals surface area contributed by atoms with Crippen molar-refractivity contribution in [2.75, 3.05) is 11.1 Å². The summed E-state index contributed by atoms with van der Waals surface area (Å²) in [6, 6.07) is 2.71. The number of halogens is 4. The lowest BCUT2D eigenvalue weighted by molar-refractivity contribution is -0.137. The first-order chi connectivity index (χ1) is 14.6. The predicted molar refractivity (Wildman–Crippen MR) is 117 cm³/mol. The minimum absolute atomic E-state index is 0.00213. The number of carbonyl (C=O) groups is 1. The summed E-state index contributed by atoms with van der Waals surface area (Å²) < 4.78 is 38.6. The second kappa shape index (κ2) is 8.48. The number of H-pyrrole nitrogens is 1. The normalized spacial score (nSPS) is 16.4. The summed E-state index contributed by atoms with van der Waals surface area (Å²) in [4.78, 5) is 33.9. The number of nitrogens with one attached hydrogen (secondary N) is 2. The molecule has 0 bridgehead atoms. The molecule has 1 aromatic carbocycles. The Morgan fingerprint density at radius 2 is 2.19 bits per heavy atom. The Kier molecular flexibility index (Phi) is 6.06. The van der Waals surface area contributed by atoms with Gasteiger partial charge in [-0.05, 0) is 48.9 Å². The number of hydrogen-bond donors (Lipinski definition) is 2. The zero-order valence-electron chi connectivity index (χ0n) is 16.2. The van der Waals surface area contributed by atoms with Crippen LogP contribution in [0, 0.1) is 5.92 Å². The Morgan fingerprint density at radius 3 is 2.94 bits per heavy atom. The van der Waals surface area contributed by atoms with Gasteiger partial charge in [-0.25, -0.2) is 4.98 Å². The summed E-state index contributed by atoms with van der Waals surface area (Å²) in [7, 11) is 0. The molecule has 0 saturated carbocycles. The molecule has 3 aromatic rings. The van der Waals surface area contributed by atoms with Crippen LogP contribution < -0.4 is 10.9 Å². The third-order valence-corrected chi connectivity index (χ3v) is 7.40. The van der Waals surface area contributed by atoms with Crippen LogP contribution in [0.25, 0.3) is 10.2 Å². The van der Waals surface area contributed by atoms with Crippen molar-refractivity contribution in [1.82, 2.24) is 9.97 Å². The zero-order chi connectivity index (χ0) is 22.3. The monoisotopic (exact) mass is 487 g/mol. The fourth-order valence-electron chi connectivity index (χ4n) is 3.52. The van der Waals surface area contributed by atoms with Crippen LogP contribution in [0.3, 0.4) is 0 Å². The van der Waals surface area contributed by atoms with Crippen LogP contribution in [-0.4, -0.2) is 21.6 Å². The number of aromatic nitrogens is 2. The van der Waals surface area contributed by atoms with Crippen LogP contribution in [-0.2, 0) is 23.8 Å². The lowest BCUT2D eigenvalue weighted by atomic mass is 9.89. The molecular formula is C20H17ClF3N3O2S2. The van der Waals surface area contributed by atoms with E-state index in [2.05, 4.69) is 22.2 Å². The highest BCUT2D eigenvalue weighted by molar-refractivity contribution is 7.99. The number of aryl methyl sites for hydroxylation is 1. The summed E-state index contributed by atoms with van der Waals surface area (Å²) in [6.07, 6.45) is -1.73. The molecule has 0 spiro atoms. The van der Waals surface area contributed by atoms with Gasteiger partial charge >= 0.3 is 6.18 Å². The topological polar surface area (TPSA) is 74.8 Å². The molecule has 11 heteroatoms. The lowest BCUT2D eigenvalue weighted by Crippen LogP contribution is -2.17. The van der Waals surface area contributed by atoms with E-state index in [-0.39, 0.29) is 27.2 Å². The number of benzene rings is 1. The number of anilines is 1. The molecule has 0 fully saturated rings. The first kappa shape index (κ1) is 22.2. The fourth-order valence-corrected chi connectivity index (χ4v) is 5.78. The minimum Gasteiger partial charge on any atom is -0.324 e. The SMILES string of the molecule is CC1CCc2c(sc3nc(SCC(=O)Nc4cc(C(F)(F)F)ccc4Cl)[nH]c(=O)c23)C1. The standard InChI is InChI=1S/C20H17ClF3N3O2S2/c1-9-2-4-11-14(6-9)31-18-16(11)17(29)26-19(27-18)30-8-15(28)25-13-7-10(20(22,23)24)3-5-12(13)21/h3,5,7,9H,2,4,6,8H2,1H3,(H,25,28)(H,26,27,29). The van der Waals surface area contributed by atoms with Crippen molar-refractivity contribution < 1.29 is 18.0 Å². The van der Waals surface area contributed by atoms with Crippen LogP contribution in [0.4, 0.5) is 18.9 Å². The Bertz CT molecular complexity index is 1220. The molecule has 2 aromatic heterocycles. The summed E-state index contributed by atoms with van der Waals surface area (Å²) in [5.41, 5.74) is -0.201. The summed E-state index contributed by atoms with van der Waals surface area (Å²) >= 11 is 8.41. The largest absolute Gasteiger partial charge is 0.416 e. The van der Waals surface area contributed by atoms with E-state index in [1.165, 1.54) is 16.2 Å². The highest BCUT2D eigenvalue weighted by atomic mass is 35.5. The number of nitrogens with zero attached hydrogens (tertiary/aromatic N) is 1. The van der Waals surface area contributed by atoms with E-state index in [9.17, 15) is 22.8 Å². The molecule has 2 N–H and O–H groups in total. The summed E-state index contributed by atoms with van der Waals surface area (Å²) in [5, 5.41) is 3.29. The second-order valence-corrected chi connectivity index (χ2v) is 9.89. The maximum absolute atomic E-state index is 12.9. The highest BCUT2D eigenvalue weighted by Gasteiger charge is 2.31. The number of fused-ring (bicyclic) bond motifs is 3. The van der Waals surface area contributed by atoms with E-state index in [1.54, 1.807) is 0 Å². The van der Waals surface area contributed by atoms with Crippen LogP contribution in [0.1, 0.15) is 29.3 Å². The predicted octanol–water partition coefficient (Wildman–Crippen LogP) is 5.51. The zero-order valence-corrected chi connectivity index (χ0v) is 18.6. The van der Waals surface area contributed by atoms with E-state index in [1.807, 2.05) is 0 Å². The van der Waals surface area contributed by atoms with Crippen molar-refractivity contribution in [3.63, 3.8) is 0 Å². The Labute approximate surface area is 188 Å². The molecule has 1 atom stereocenters. The molecule has 1 unspecified atom stereocenters. The summed E-state index contributed by atoms with van der Waals surface area (Å²) in [6.45, 7) is 2.18. The average Bonchev–Trinajstić information content (AvgIpc) is 3.05. The van der Waals surface area contributed by atoms with Crippen LogP contribution in [0.15, 0.2) is 28.2 Å². The van der Waals surface area contributed by atoms with Gasteiger partial charge in [0.1, 0.15) is 4.83 Å². The number of amides is 1. The van der Waals surface area contributed by atoms with Crippen LogP contribution in [0.5, 0.6) is 0 Å². The fraction of sp³-hybridized carbons (Fsp3) is 0.350. The maximum Gasteiger partial charge on any atom is 0.416 e. The molecule has 1 aliphatic carbocycles. The Balaban J connectivity index is 1.48. The van der Waals surface area contributed by atoms with E-state index in [0.717, 1.165) is 54.8 Å². The van der Waals surface area contributed by atoms with Crippen molar-refractivity contribution in [3.05, 3.63) is 49.6 Å².